The van der Waals surface area contributed by atoms with Gasteiger partial charge in [0.1, 0.15) is 0 Å². The summed E-state index contributed by atoms with van der Waals surface area (Å²) in [5, 5.41) is 1.32. The first-order valence-electron chi connectivity index (χ1n) is 13.6. The van der Waals surface area contributed by atoms with Crippen molar-refractivity contribution in [2.45, 2.75) is 12.3 Å². The summed E-state index contributed by atoms with van der Waals surface area (Å²) in [7, 11) is 2.15. The number of fused-ring (bicyclic) bond motifs is 3. The lowest BCUT2D eigenvalue weighted by molar-refractivity contribution is 0.825. The molecule has 0 fully saturated rings. The lowest BCUT2D eigenvalue weighted by atomic mass is 9.86. The number of hydrogen-bond donors (Lipinski definition) is 0. The molecule has 0 spiro atoms. The van der Waals surface area contributed by atoms with E-state index in [-0.39, 0.29) is 0 Å². The molecule has 2 nitrogen and oxygen atoms in total. The van der Waals surface area contributed by atoms with Crippen LogP contribution in [-0.2, 0) is 6.42 Å². The second kappa shape index (κ2) is 9.81. The van der Waals surface area contributed by atoms with E-state index in [1.54, 1.807) is 0 Å². The van der Waals surface area contributed by atoms with Crippen molar-refractivity contribution in [1.29, 1.82) is 0 Å². The summed E-state index contributed by atoms with van der Waals surface area (Å²) in [6, 6.07) is 47.9. The average molecular weight is 503 g/mol. The van der Waals surface area contributed by atoms with Crippen molar-refractivity contribution in [2.24, 2.45) is 0 Å². The molecule has 0 amide bonds. The smallest absolute Gasteiger partial charge is 0.0539 e. The molecule has 0 N–H and O–H groups in total. The van der Waals surface area contributed by atoms with Gasteiger partial charge >= 0.3 is 0 Å². The summed E-state index contributed by atoms with van der Waals surface area (Å²) in [4.78, 5) is 2.27. The molecule has 0 saturated carbocycles. The summed E-state index contributed by atoms with van der Waals surface area (Å²) in [6.45, 7) is 0. The predicted molar refractivity (Wildman–Crippen MR) is 165 cm³/mol. The van der Waals surface area contributed by atoms with Gasteiger partial charge < -0.3 is 9.47 Å². The van der Waals surface area contributed by atoms with Gasteiger partial charge in [-0.2, -0.15) is 0 Å². The van der Waals surface area contributed by atoms with Crippen LogP contribution >= 0.6 is 0 Å². The molecule has 1 aliphatic carbocycles. The lowest BCUT2D eigenvalue weighted by Gasteiger charge is -2.21. The first-order valence-corrected chi connectivity index (χ1v) is 13.6. The first-order chi connectivity index (χ1) is 19.3. The second-order valence-corrected chi connectivity index (χ2v) is 10.3. The fourth-order valence-corrected chi connectivity index (χ4v) is 5.90. The van der Waals surface area contributed by atoms with E-state index < -0.39 is 0 Å². The van der Waals surface area contributed by atoms with Crippen LogP contribution in [0.4, 0.5) is 11.4 Å². The number of benzene rings is 5. The van der Waals surface area contributed by atoms with E-state index >= 15 is 0 Å². The molecule has 1 heterocycles. The van der Waals surface area contributed by atoms with Crippen LogP contribution in [0.2, 0.25) is 0 Å². The number of allylic oxidation sites excluding steroid dienone is 1. The van der Waals surface area contributed by atoms with Crippen molar-refractivity contribution >= 4 is 28.4 Å². The molecule has 0 saturated heterocycles. The topological polar surface area (TPSA) is 8.17 Å². The molecular formula is C37H30N2. The zero-order valence-electron chi connectivity index (χ0n) is 22.0. The lowest BCUT2D eigenvalue weighted by Crippen LogP contribution is -2.09. The Hall–Kier alpha value is -4.82. The normalized spacial score (nSPS) is 14.3. The Kier molecular flexibility index (Phi) is 5.86. The molecule has 188 valence electrons. The molecule has 0 bridgehead atoms. The van der Waals surface area contributed by atoms with E-state index in [2.05, 4.69) is 162 Å². The number of hydrogen-bond acceptors (Lipinski definition) is 1. The Balaban J connectivity index is 1.31. The molecule has 1 atom stereocenters. The molecule has 1 aliphatic rings. The van der Waals surface area contributed by atoms with E-state index in [1.807, 2.05) is 0 Å². The van der Waals surface area contributed by atoms with Gasteiger partial charge in [0, 0.05) is 41.1 Å². The summed E-state index contributed by atoms with van der Waals surface area (Å²) in [5.41, 5.74) is 11.4. The number of aromatic nitrogens is 1. The van der Waals surface area contributed by atoms with Gasteiger partial charge in [-0.25, -0.2) is 0 Å². The van der Waals surface area contributed by atoms with Gasteiger partial charge in [-0.05, 0) is 77.2 Å². The van der Waals surface area contributed by atoms with E-state index in [0.29, 0.717) is 5.92 Å². The van der Waals surface area contributed by atoms with Crippen molar-refractivity contribution in [3.8, 4) is 16.8 Å². The zero-order chi connectivity index (χ0) is 26.2. The van der Waals surface area contributed by atoms with E-state index in [0.717, 1.165) is 6.42 Å². The van der Waals surface area contributed by atoms with Crippen LogP contribution in [0.3, 0.4) is 0 Å². The fraction of sp³-hybridized carbons (Fsp3) is 0.0811. The minimum atomic E-state index is 0.340. The van der Waals surface area contributed by atoms with E-state index in [4.69, 9.17) is 0 Å². The van der Waals surface area contributed by atoms with Crippen LogP contribution < -0.4 is 4.90 Å². The maximum absolute atomic E-state index is 2.42. The molecule has 0 radical (unpaired) electrons. The highest BCUT2D eigenvalue weighted by Crippen LogP contribution is 2.40. The quantitative estimate of drug-likeness (QED) is 0.228. The molecule has 0 aliphatic heterocycles. The van der Waals surface area contributed by atoms with Crippen molar-refractivity contribution < 1.29 is 0 Å². The molecule has 5 aromatic carbocycles. The van der Waals surface area contributed by atoms with Gasteiger partial charge in [0.2, 0.25) is 0 Å². The number of para-hydroxylation sites is 2. The van der Waals surface area contributed by atoms with Gasteiger partial charge in [-0.1, -0.05) is 97.1 Å². The van der Waals surface area contributed by atoms with Crippen LogP contribution in [0.1, 0.15) is 22.7 Å². The van der Waals surface area contributed by atoms with Crippen LogP contribution in [0.15, 0.2) is 140 Å². The molecule has 1 aromatic heterocycles. The fourth-order valence-electron chi connectivity index (χ4n) is 5.90. The van der Waals surface area contributed by atoms with E-state index in [1.165, 1.54) is 55.9 Å². The monoisotopic (exact) mass is 502 g/mol. The molecule has 1 unspecified atom stereocenters. The maximum Gasteiger partial charge on any atom is 0.0539 e. The second-order valence-electron chi connectivity index (χ2n) is 10.3. The van der Waals surface area contributed by atoms with Gasteiger partial charge in [-0.15, -0.1) is 0 Å². The van der Waals surface area contributed by atoms with Gasteiger partial charge in [-0.3, -0.25) is 0 Å². The molecule has 7 rings (SSSR count). The standard InChI is InChI=1S/C37H30N2/c1-38(31-13-7-3-8-14-31)33-22-24-37-35(26-33)34-25-30(21-23-36(34)39(37)32-15-9-4-10-16-32)29-19-17-28(18-20-29)27-11-5-2-6-12-27/h2-24,26,30H,25H2,1H3. The largest absolute Gasteiger partial charge is 0.345 e. The third-order valence-electron chi connectivity index (χ3n) is 8.00. The van der Waals surface area contributed by atoms with Crippen LogP contribution in [0, 0.1) is 0 Å². The Morgan fingerprint density at radius 2 is 1.28 bits per heavy atom. The Labute approximate surface area is 230 Å². The molecular weight excluding hydrogens is 472 g/mol. The maximum atomic E-state index is 2.42. The predicted octanol–water partition coefficient (Wildman–Crippen LogP) is 9.42. The zero-order valence-corrected chi connectivity index (χ0v) is 22.0. The number of anilines is 2. The Bertz CT molecular complexity index is 1760. The molecule has 2 heteroatoms. The van der Waals surface area contributed by atoms with Gasteiger partial charge in [0.05, 0.1) is 5.52 Å². The van der Waals surface area contributed by atoms with Gasteiger partial charge in [0.15, 0.2) is 0 Å². The van der Waals surface area contributed by atoms with Crippen molar-refractivity contribution in [3.05, 3.63) is 156 Å². The summed E-state index contributed by atoms with van der Waals surface area (Å²) < 4.78 is 2.42. The van der Waals surface area contributed by atoms with Crippen LogP contribution in [0.25, 0.3) is 33.8 Å². The van der Waals surface area contributed by atoms with Crippen molar-refractivity contribution in [3.63, 3.8) is 0 Å². The third kappa shape index (κ3) is 4.24. The van der Waals surface area contributed by atoms with Crippen molar-refractivity contribution in [2.75, 3.05) is 11.9 Å². The number of nitrogens with zero attached hydrogens (tertiary/aromatic N) is 2. The number of rotatable bonds is 5. The Morgan fingerprint density at radius 1 is 0.641 bits per heavy atom. The third-order valence-corrected chi connectivity index (χ3v) is 8.00. The highest BCUT2D eigenvalue weighted by atomic mass is 15.1. The highest BCUT2D eigenvalue weighted by Gasteiger charge is 2.24. The first kappa shape index (κ1) is 23.3. The summed E-state index contributed by atoms with van der Waals surface area (Å²) in [6.07, 6.45) is 5.70. The van der Waals surface area contributed by atoms with Crippen LogP contribution in [-0.4, -0.2) is 11.6 Å². The average Bonchev–Trinajstić information content (AvgIpc) is 3.35. The Morgan fingerprint density at radius 3 is 2.00 bits per heavy atom. The van der Waals surface area contributed by atoms with Crippen molar-refractivity contribution in [1.82, 2.24) is 4.57 Å². The van der Waals surface area contributed by atoms with Crippen LogP contribution in [0.5, 0.6) is 0 Å². The van der Waals surface area contributed by atoms with E-state index in [9.17, 15) is 0 Å². The SMILES string of the molecule is CN(c1ccccc1)c1ccc2c(c1)c1c(n2-c2ccccc2)C=CC(c2ccc(-c3ccccc3)cc2)C1. The summed E-state index contributed by atoms with van der Waals surface area (Å²) in [5.74, 6) is 0.340. The highest BCUT2D eigenvalue weighted by molar-refractivity contribution is 5.94. The minimum Gasteiger partial charge on any atom is -0.345 e. The van der Waals surface area contributed by atoms with Gasteiger partial charge in [0.25, 0.3) is 0 Å². The molecule has 6 aromatic rings. The minimum absolute atomic E-state index is 0.340. The summed E-state index contributed by atoms with van der Waals surface area (Å²) >= 11 is 0. The molecule has 39 heavy (non-hydrogen) atoms.